The van der Waals surface area contributed by atoms with Gasteiger partial charge in [-0.2, -0.15) is 5.10 Å². The van der Waals surface area contributed by atoms with Crippen LogP contribution >= 0.6 is 0 Å². The topological polar surface area (TPSA) is 99.9 Å². The minimum Gasteiger partial charge on any atom is -0.382 e. The molecule has 4 rings (SSSR count). The van der Waals surface area contributed by atoms with Crippen molar-refractivity contribution < 1.29 is 9.90 Å². The summed E-state index contributed by atoms with van der Waals surface area (Å²) in [6.45, 7) is 4.88. The van der Waals surface area contributed by atoms with E-state index in [0.29, 0.717) is 24.4 Å². The summed E-state index contributed by atoms with van der Waals surface area (Å²) in [4.78, 5) is 14.8. The summed E-state index contributed by atoms with van der Waals surface area (Å²) in [7, 11) is 0. The fourth-order valence-electron chi connectivity index (χ4n) is 3.97. The largest absolute Gasteiger partial charge is 0.382 e. The molecule has 3 heterocycles. The van der Waals surface area contributed by atoms with E-state index in [1.807, 2.05) is 13.8 Å². The number of aryl methyl sites for hydroxylation is 1. The van der Waals surface area contributed by atoms with Gasteiger partial charge in [0.15, 0.2) is 5.69 Å². The summed E-state index contributed by atoms with van der Waals surface area (Å²) in [5.74, 6) is -0.0984. The van der Waals surface area contributed by atoms with Crippen molar-refractivity contribution in [3.8, 4) is 0 Å². The number of nitrogens with one attached hydrogen (secondary N) is 1. The van der Waals surface area contributed by atoms with Crippen molar-refractivity contribution >= 4 is 5.91 Å². The van der Waals surface area contributed by atoms with Gasteiger partial charge in [-0.25, -0.2) is 4.68 Å². The summed E-state index contributed by atoms with van der Waals surface area (Å²) in [6.07, 6.45) is 7.17. The van der Waals surface area contributed by atoms with Crippen LogP contribution in [0.1, 0.15) is 73.0 Å². The Morgan fingerprint density at radius 2 is 2.12 bits per heavy atom. The van der Waals surface area contributed by atoms with Crippen LogP contribution in [0.25, 0.3) is 0 Å². The molecule has 1 aliphatic heterocycles. The number of nitrogens with zero attached hydrogens (tertiary/aromatic N) is 5. The summed E-state index contributed by atoms with van der Waals surface area (Å²) < 4.78 is 1.73. The highest BCUT2D eigenvalue weighted by atomic mass is 16.3. The van der Waals surface area contributed by atoms with Crippen molar-refractivity contribution in [3.63, 3.8) is 0 Å². The average molecular weight is 358 g/mol. The van der Waals surface area contributed by atoms with Crippen LogP contribution < -0.4 is 0 Å². The van der Waals surface area contributed by atoms with E-state index in [9.17, 15) is 9.90 Å². The first-order chi connectivity index (χ1) is 12.5. The third-order valence-electron chi connectivity index (χ3n) is 5.53. The number of likely N-dealkylation sites (tertiary alicyclic amines) is 1. The molecule has 0 unspecified atom stereocenters. The highest BCUT2D eigenvalue weighted by Crippen LogP contribution is 2.32. The van der Waals surface area contributed by atoms with Crippen LogP contribution in [0.3, 0.4) is 0 Å². The maximum absolute atomic E-state index is 13.1. The molecule has 8 nitrogen and oxygen atoms in total. The Morgan fingerprint density at radius 3 is 2.88 bits per heavy atom. The molecule has 2 aromatic rings. The van der Waals surface area contributed by atoms with E-state index in [1.165, 1.54) is 0 Å². The second-order valence-electron chi connectivity index (χ2n) is 7.78. The molecule has 1 fully saturated rings. The fraction of sp³-hybridized carbons (Fsp3) is 0.667. The van der Waals surface area contributed by atoms with Gasteiger partial charge in [0.1, 0.15) is 11.3 Å². The lowest BCUT2D eigenvalue weighted by Crippen LogP contribution is -2.49. The molecule has 0 radical (unpaired) electrons. The van der Waals surface area contributed by atoms with E-state index in [1.54, 1.807) is 15.8 Å². The number of aliphatic hydroxyl groups is 1. The second kappa shape index (κ2) is 6.50. The molecular formula is C18H26N6O2. The van der Waals surface area contributed by atoms with Crippen LogP contribution in [0.15, 0.2) is 6.20 Å². The van der Waals surface area contributed by atoms with E-state index >= 15 is 0 Å². The Morgan fingerprint density at radius 1 is 1.31 bits per heavy atom. The first kappa shape index (κ1) is 17.2. The normalized spacial score (nSPS) is 23.3. The van der Waals surface area contributed by atoms with Crippen molar-refractivity contribution in [2.45, 2.75) is 64.0 Å². The minimum atomic E-state index is -1.16. The lowest BCUT2D eigenvalue weighted by Gasteiger charge is -2.37. The number of rotatable bonds is 3. The SMILES string of the molecule is CC(C)n1cc([C@@]2(O)CCCN(C(=O)c3n[nH]c4c3CCCC4)C2)nn1. The minimum absolute atomic E-state index is 0.0984. The van der Waals surface area contributed by atoms with Crippen LogP contribution in [-0.4, -0.2) is 54.2 Å². The number of fused-ring (bicyclic) bond motifs is 1. The van der Waals surface area contributed by atoms with Gasteiger partial charge in [-0.15, -0.1) is 5.10 Å². The number of piperidine rings is 1. The Balaban J connectivity index is 1.56. The van der Waals surface area contributed by atoms with Gasteiger partial charge in [-0.05, 0) is 52.4 Å². The highest BCUT2D eigenvalue weighted by molar-refractivity contribution is 5.94. The molecule has 0 aromatic carbocycles. The Kier molecular flexibility index (Phi) is 4.30. The molecule has 1 amide bonds. The smallest absolute Gasteiger partial charge is 0.274 e. The van der Waals surface area contributed by atoms with Gasteiger partial charge in [0.2, 0.25) is 0 Å². The molecule has 140 valence electrons. The number of carbonyl (C=O) groups excluding carboxylic acids is 1. The Hall–Kier alpha value is -2.22. The molecule has 0 bridgehead atoms. The van der Waals surface area contributed by atoms with Gasteiger partial charge < -0.3 is 10.0 Å². The monoisotopic (exact) mass is 358 g/mol. The van der Waals surface area contributed by atoms with Gasteiger partial charge in [-0.3, -0.25) is 9.89 Å². The molecule has 1 saturated heterocycles. The fourth-order valence-corrected chi connectivity index (χ4v) is 3.97. The zero-order valence-corrected chi connectivity index (χ0v) is 15.4. The molecule has 2 aromatic heterocycles. The summed E-state index contributed by atoms with van der Waals surface area (Å²) in [6, 6.07) is 0.178. The number of carbonyl (C=O) groups is 1. The number of β-amino-alcohol motifs (C(OH)–C–C–N with tert-alkyl or cyclic N) is 1. The molecule has 1 atom stereocenters. The lowest BCUT2D eigenvalue weighted by molar-refractivity contribution is -0.0322. The number of aromatic nitrogens is 5. The molecular weight excluding hydrogens is 332 g/mol. The second-order valence-corrected chi connectivity index (χ2v) is 7.78. The van der Waals surface area contributed by atoms with E-state index in [4.69, 9.17) is 0 Å². The van der Waals surface area contributed by atoms with Crippen LogP contribution in [0.5, 0.6) is 0 Å². The maximum atomic E-state index is 13.1. The van der Waals surface area contributed by atoms with Crippen LogP contribution in [0.4, 0.5) is 0 Å². The predicted molar refractivity (Wildman–Crippen MR) is 94.7 cm³/mol. The highest BCUT2D eigenvalue weighted by Gasteiger charge is 2.40. The third-order valence-corrected chi connectivity index (χ3v) is 5.53. The summed E-state index contributed by atoms with van der Waals surface area (Å²) in [5, 5.41) is 26.7. The molecule has 0 spiro atoms. The van der Waals surface area contributed by atoms with Crippen LogP contribution in [-0.2, 0) is 18.4 Å². The van der Waals surface area contributed by atoms with Crippen molar-refractivity contribution in [3.05, 3.63) is 28.8 Å². The van der Waals surface area contributed by atoms with Gasteiger partial charge in [0, 0.05) is 23.8 Å². The molecule has 2 aliphatic rings. The number of hydrogen-bond acceptors (Lipinski definition) is 5. The average Bonchev–Trinajstić information content (AvgIpc) is 3.29. The summed E-state index contributed by atoms with van der Waals surface area (Å²) >= 11 is 0. The van der Waals surface area contributed by atoms with Crippen molar-refractivity contribution in [1.82, 2.24) is 30.1 Å². The Labute approximate surface area is 152 Å². The van der Waals surface area contributed by atoms with Gasteiger partial charge in [0.25, 0.3) is 5.91 Å². The first-order valence-electron chi connectivity index (χ1n) is 9.48. The van der Waals surface area contributed by atoms with Gasteiger partial charge in [-0.1, -0.05) is 5.21 Å². The van der Waals surface area contributed by atoms with Crippen LogP contribution in [0.2, 0.25) is 0 Å². The Bertz CT molecular complexity index is 810. The van der Waals surface area contributed by atoms with Crippen molar-refractivity contribution in [2.24, 2.45) is 0 Å². The molecule has 2 N–H and O–H groups in total. The van der Waals surface area contributed by atoms with Crippen molar-refractivity contribution in [1.29, 1.82) is 0 Å². The molecule has 0 saturated carbocycles. The predicted octanol–water partition coefficient (Wildman–Crippen LogP) is 1.58. The lowest BCUT2D eigenvalue weighted by atomic mass is 9.89. The standard InChI is InChI=1S/C18H26N6O2/c1-12(2)24-10-15(20-22-24)18(26)8-5-9-23(11-18)17(25)16-13-6-3-4-7-14(13)19-21-16/h10,12,26H,3-9,11H2,1-2H3,(H,19,21)/t18-/m1/s1. The van der Waals surface area contributed by atoms with Crippen LogP contribution in [0, 0.1) is 0 Å². The molecule has 1 aliphatic carbocycles. The first-order valence-corrected chi connectivity index (χ1v) is 9.48. The zero-order valence-electron chi connectivity index (χ0n) is 15.4. The number of aromatic amines is 1. The number of amides is 1. The molecule has 26 heavy (non-hydrogen) atoms. The summed E-state index contributed by atoms with van der Waals surface area (Å²) in [5.41, 5.74) is 2.05. The number of H-pyrrole nitrogens is 1. The quantitative estimate of drug-likeness (QED) is 0.868. The van der Waals surface area contributed by atoms with Gasteiger partial charge in [0.05, 0.1) is 12.7 Å². The molecule has 8 heteroatoms. The van der Waals surface area contributed by atoms with E-state index in [-0.39, 0.29) is 18.5 Å². The van der Waals surface area contributed by atoms with E-state index < -0.39 is 5.60 Å². The number of hydrogen-bond donors (Lipinski definition) is 2. The third kappa shape index (κ3) is 2.92. The van der Waals surface area contributed by atoms with E-state index in [0.717, 1.165) is 43.4 Å². The zero-order chi connectivity index (χ0) is 18.3. The van der Waals surface area contributed by atoms with Crippen molar-refractivity contribution in [2.75, 3.05) is 13.1 Å². The van der Waals surface area contributed by atoms with Gasteiger partial charge >= 0.3 is 0 Å². The van der Waals surface area contributed by atoms with E-state index in [2.05, 4.69) is 20.5 Å². The maximum Gasteiger partial charge on any atom is 0.274 e.